The summed E-state index contributed by atoms with van der Waals surface area (Å²) in [5.41, 5.74) is 0.609. The van der Waals surface area contributed by atoms with E-state index in [9.17, 15) is 13.2 Å². The topological polar surface area (TPSA) is 42.2 Å². The maximum Gasteiger partial charge on any atom is 0.393 e. The quantitative estimate of drug-likeness (QED) is 0.843. The summed E-state index contributed by atoms with van der Waals surface area (Å²) >= 11 is 5.89. The van der Waals surface area contributed by atoms with Crippen LogP contribution in [0.4, 0.5) is 13.2 Å². The Hall–Kier alpha value is -1.60. The van der Waals surface area contributed by atoms with E-state index in [1.807, 2.05) is 0 Å². The minimum Gasteiger partial charge on any atom is -0.339 e. The summed E-state index contributed by atoms with van der Waals surface area (Å²) in [4.78, 5) is 5.76. The molecular formula is C14H13ClF3N3O. The van der Waals surface area contributed by atoms with Gasteiger partial charge in [-0.3, -0.25) is 0 Å². The molecule has 118 valence electrons. The first kappa shape index (κ1) is 15.3. The van der Waals surface area contributed by atoms with E-state index in [1.54, 1.807) is 36.2 Å². The second kappa shape index (κ2) is 5.55. The SMILES string of the molecule is CN1CC(c2nc(-c3cccc(Cl)c3)no2)C(C(F)(F)F)C1. The van der Waals surface area contributed by atoms with Crippen LogP contribution >= 0.6 is 11.6 Å². The van der Waals surface area contributed by atoms with Gasteiger partial charge in [0.1, 0.15) is 0 Å². The predicted molar refractivity (Wildman–Crippen MR) is 74.5 cm³/mol. The third-order valence-electron chi connectivity index (χ3n) is 3.76. The lowest BCUT2D eigenvalue weighted by atomic mass is 9.95. The first-order valence-electron chi connectivity index (χ1n) is 6.69. The minimum atomic E-state index is -4.29. The number of hydrogen-bond donors (Lipinski definition) is 0. The second-order valence-electron chi connectivity index (χ2n) is 5.44. The van der Waals surface area contributed by atoms with E-state index >= 15 is 0 Å². The van der Waals surface area contributed by atoms with Crippen LogP contribution in [0.3, 0.4) is 0 Å². The third-order valence-corrected chi connectivity index (χ3v) is 4.00. The molecule has 0 N–H and O–H groups in total. The van der Waals surface area contributed by atoms with Crippen molar-refractivity contribution >= 4 is 11.6 Å². The van der Waals surface area contributed by atoms with Crippen molar-refractivity contribution in [3.05, 3.63) is 35.2 Å². The van der Waals surface area contributed by atoms with E-state index in [2.05, 4.69) is 10.1 Å². The van der Waals surface area contributed by atoms with E-state index in [-0.39, 0.29) is 24.8 Å². The second-order valence-corrected chi connectivity index (χ2v) is 5.88. The average Bonchev–Trinajstić information content (AvgIpc) is 3.04. The largest absolute Gasteiger partial charge is 0.393 e. The zero-order valence-electron chi connectivity index (χ0n) is 11.6. The molecule has 1 fully saturated rings. The molecule has 1 aromatic carbocycles. The number of likely N-dealkylation sites (tertiary alicyclic amines) is 1. The zero-order chi connectivity index (χ0) is 15.9. The molecule has 1 saturated heterocycles. The summed E-state index contributed by atoms with van der Waals surface area (Å²) in [5.74, 6) is -2.08. The number of benzene rings is 1. The number of aromatic nitrogens is 2. The Morgan fingerprint density at radius 2 is 2.09 bits per heavy atom. The van der Waals surface area contributed by atoms with Gasteiger partial charge in [-0.05, 0) is 19.2 Å². The van der Waals surface area contributed by atoms with Crippen LogP contribution in [0.15, 0.2) is 28.8 Å². The van der Waals surface area contributed by atoms with Crippen molar-refractivity contribution in [1.82, 2.24) is 15.0 Å². The number of alkyl halides is 3. The van der Waals surface area contributed by atoms with Gasteiger partial charge in [0.05, 0.1) is 11.8 Å². The molecule has 1 aliphatic heterocycles. The summed E-state index contributed by atoms with van der Waals surface area (Å²) in [7, 11) is 1.65. The van der Waals surface area contributed by atoms with Crippen molar-refractivity contribution in [2.75, 3.05) is 20.1 Å². The van der Waals surface area contributed by atoms with Gasteiger partial charge in [0, 0.05) is 23.7 Å². The Kier molecular flexibility index (Phi) is 3.86. The maximum atomic E-state index is 13.1. The average molecular weight is 332 g/mol. The molecule has 2 aromatic rings. The molecule has 0 aliphatic carbocycles. The standard InChI is InChI=1S/C14H13ClF3N3O/c1-21-6-10(11(7-21)14(16,17)18)13-19-12(20-22-13)8-3-2-4-9(15)5-8/h2-5,10-11H,6-7H2,1H3. The highest BCUT2D eigenvalue weighted by atomic mass is 35.5. The van der Waals surface area contributed by atoms with Crippen molar-refractivity contribution in [2.45, 2.75) is 12.1 Å². The van der Waals surface area contributed by atoms with Crippen LogP contribution in [0.1, 0.15) is 11.8 Å². The third kappa shape index (κ3) is 2.96. The molecule has 1 aliphatic rings. The smallest absolute Gasteiger partial charge is 0.339 e. The molecule has 2 atom stereocenters. The van der Waals surface area contributed by atoms with Crippen LogP contribution in [-0.2, 0) is 0 Å². The van der Waals surface area contributed by atoms with Gasteiger partial charge in [-0.15, -0.1) is 0 Å². The molecule has 4 nitrogen and oxygen atoms in total. The Labute approximate surface area is 129 Å². The summed E-state index contributed by atoms with van der Waals surface area (Å²) in [6.45, 7) is 0.171. The molecule has 0 radical (unpaired) electrons. The molecule has 0 amide bonds. The van der Waals surface area contributed by atoms with Crippen molar-refractivity contribution < 1.29 is 17.7 Å². The molecule has 1 aromatic heterocycles. The highest BCUT2D eigenvalue weighted by Gasteiger charge is 2.51. The zero-order valence-corrected chi connectivity index (χ0v) is 12.4. The van der Waals surface area contributed by atoms with Gasteiger partial charge in [0.15, 0.2) is 0 Å². The van der Waals surface area contributed by atoms with Crippen LogP contribution in [0.2, 0.25) is 5.02 Å². The van der Waals surface area contributed by atoms with Crippen molar-refractivity contribution in [3.8, 4) is 11.4 Å². The van der Waals surface area contributed by atoms with Crippen LogP contribution < -0.4 is 0 Å². The Morgan fingerprint density at radius 3 is 2.77 bits per heavy atom. The summed E-state index contributed by atoms with van der Waals surface area (Å²) in [6, 6.07) is 6.77. The fourth-order valence-electron chi connectivity index (χ4n) is 2.71. The van der Waals surface area contributed by atoms with E-state index in [0.717, 1.165) is 0 Å². The highest BCUT2D eigenvalue weighted by Crippen LogP contribution is 2.42. The first-order valence-corrected chi connectivity index (χ1v) is 7.07. The fourth-order valence-corrected chi connectivity index (χ4v) is 2.90. The summed E-state index contributed by atoms with van der Waals surface area (Å²) in [5, 5.41) is 4.28. The van der Waals surface area contributed by atoms with Crippen molar-refractivity contribution in [3.63, 3.8) is 0 Å². The highest BCUT2D eigenvalue weighted by molar-refractivity contribution is 6.30. The normalized spacial score (nSPS) is 23.1. The van der Waals surface area contributed by atoms with Gasteiger partial charge >= 0.3 is 6.18 Å². The first-order chi connectivity index (χ1) is 10.3. The van der Waals surface area contributed by atoms with Gasteiger partial charge in [-0.1, -0.05) is 28.9 Å². The molecule has 2 heterocycles. The molecule has 0 bridgehead atoms. The van der Waals surface area contributed by atoms with Gasteiger partial charge in [0.2, 0.25) is 11.7 Å². The fraction of sp³-hybridized carbons (Fsp3) is 0.429. The molecule has 0 spiro atoms. The summed E-state index contributed by atoms with van der Waals surface area (Å²) in [6.07, 6.45) is -4.29. The lowest BCUT2D eigenvalue weighted by Crippen LogP contribution is -2.29. The summed E-state index contributed by atoms with van der Waals surface area (Å²) < 4.78 is 44.4. The lowest BCUT2D eigenvalue weighted by molar-refractivity contribution is -0.175. The monoisotopic (exact) mass is 331 g/mol. The molecule has 22 heavy (non-hydrogen) atoms. The van der Waals surface area contributed by atoms with Crippen LogP contribution in [-0.4, -0.2) is 41.4 Å². The van der Waals surface area contributed by atoms with Crippen LogP contribution in [0.25, 0.3) is 11.4 Å². The van der Waals surface area contributed by atoms with E-state index < -0.39 is 18.0 Å². The Bertz CT molecular complexity index is 673. The molecule has 3 rings (SSSR count). The Morgan fingerprint density at radius 1 is 1.32 bits per heavy atom. The predicted octanol–water partition coefficient (Wildman–Crippen LogP) is 3.60. The van der Waals surface area contributed by atoms with E-state index in [1.165, 1.54) is 0 Å². The van der Waals surface area contributed by atoms with E-state index in [4.69, 9.17) is 16.1 Å². The maximum absolute atomic E-state index is 13.1. The number of hydrogen-bond acceptors (Lipinski definition) is 4. The molecule has 8 heteroatoms. The molecule has 2 unspecified atom stereocenters. The Balaban J connectivity index is 1.90. The number of halogens is 4. The number of likely N-dealkylation sites (N-methyl/N-ethyl adjacent to an activating group) is 1. The van der Waals surface area contributed by atoms with E-state index in [0.29, 0.717) is 10.6 Å². The number of nitrogens with zero attached hydrogens (tertiary/aromatic N) is 3. The van der Waals surface area contributed by atoms with Gasteiger partial charge in [-0.2, -0.15) is 18.2 Å². The lowest BCUT2D eigenvalue weighted by Gasteiger charge is -2.18. The van der Waals surface area contributed by atoms with Crippen LogP contribution in [0.5, 0.6) is 0 Å². The molecular weight excluding hydrogens is 319 g/mol. The van der Waals surface area contributed by atoms with Crippen molar-refractivity contribution in [1.29, 1.82) is 0 Å². The molecule has 0 saturated carbocycles. The van der Waals surface area contributed by atoms with Gasteiger partial charge in [-0.25, -0.2) is 0 Å². The number of rotatable bonds is 2. The van der Waals surface area contributed by atoms with Crippen LogP contribution in [0, 0.1) is 5.92 Å². The van der Waals surface area contributed by atoms with Crippen molar-refractivity contribution in [2.24, 2.45) is 5.92 Å². The minimum absolute atomic E-state index is 0.0154. The van der Waals surface area contributed by atoms with Gasteiger partial charge in [0.25, 0.3) is 0 Å². The van der Waals surface area contributed by atoms with Gasteiger partial charge < -0.3 is 9.42 Å².